The van der Waals surface area contributed by atoms with Crippen LogP contribution in [0.1, 0.15) is 403 Å². The highest BCUT2D eigenvalue weighted by molar-refractivity contribution is 6.31. The van der Waals surface area contributed by atoms with E-state index in [9.17, 15) is 13.2 Å². The molecule has 3 aliphatic rings. The molecule has 0 spiro atoms. The molecule has 0 amide bonds. The molecule has 792 valence electrons. The Kier molecular flexibility index (Phi) is 59.4. The van der Waals surface area contributed by atoms with Gasteiger partial charge in [0, 0.05) is 15.1 Å². The lowest BCUT2D eigenvalue weighted by molar-refractivity contribution is 0.351. The molecule has 0 saturated heterocycles. The number of rotatable bonds is 15. The quantitative estimate of drug-likeness (QED) is 0.0960. The van der Waals surface area contributed by atoms with Crippen molar-refractivity contribution in [1.29, 1.82) is 0 Å². The van der Waals surface area contributed by atoms with Gasteiger partial charge in [0.05, 0.1) is 0 Å². The van der Waals surface area contributed by atoms with Crippen LogP contribution < -0.4 is 0 Å². The van der Waals surface area contributed by atoms with Crippen molar-refractivity contribution in [2.24, 2.45) is 82.7 Å². The van der Waals surface area contributed by atoms with Gasteiger partial charge in [0.25, 0.3) is 0 Å². The van der Waals surface area contributed by atoms with Gasteiger partial charge in [-0.15, -0.1) is 0 Å². The highest BCUT2D eigenvalue weighted by Crippen LogP contribution is 2.45. The minimum atomic E-state index is -0.160. The molecule has 0 radical (unpaired) electrons. The molecular weight excluding hydrogens is 1800 g/mol. The third-order valence-corrected chi connectivity index (χ3v) is 23.6. The molecule has 3 fully saturated rings. The number of hydrogen-bond donors (Lipinski definition) is 0. The zero-order chi connectivity index (χ0) is 108. The molecule has 0 atom stereocenters. The summed E-state index contributed by atoms with van der Waals surface area (Å²) in [6.45, 7) is 87.5. The van der Waals surface area contributed by atoms with Gasteiger partial charge in [0.15, 0.2) is 0 Å². The van der Waals surface area contributed by atoms with Crippen LogP contribution in [0.25, 0.3) is 0 Å². The summed E-state index contributed by atoms with van der Waals surface area (Å²) < 4.78 is 38.4. The first kappa shape index (κ1) is 133. The molecule has 6 heteroatoms. The maximum Gasteiger partial charge on any atom is 0.126 e. The van der Waals surface area contributed by atoms with Gasteiger partial charge in [-0.1, -0.05) is 537 Å². The number of aryl methyl sites for hydroxylation is 2. The fraction of sp³-hybridized carbons (Fsp3) is 0.559. The summed E-state index contributed by atoms with van der Waals surface area (Å²) in [5.41, 5.74) is 17.8. The molecule has 0 heterocycles. The number of halogens is 6. The predicted octanol–water partition coefficient (Wildman–Crippen LogP) is 44.5. The third kappa shape index (κ3) is 83.0. The summed E-state index contributed by atoms with van der Waals surface area (Å²) in [5, 5.41) is 2.52. The van der Waals surface area contributed by atoms with Crippen LogP contribution >= 0.6 is 34.8 Å². The highest BCUT2D eigenvalue weighted by Gasteiger charge is 2.34. The molecule has 0 unspecified atom stereocenters. The van der Waals surface area contributed by atoms with Crippen LogP contribution in [0.5, 0.6) is 0 Å². The van der Waals surface area contributed by atoms with Crippen LogP contribution in [-0.2, 0) is 63.2 Å². The molecule has 0 aromatic heterocycles. The van der Waals surface area contributed by atoms with Gasteiger partial charge in [-0.3, -0.25) is 0 Å². The minimum Gasteiger partial charge on any atom is -0.207 e. The van der Waals surface area contributed by atoms with E-state index in [0.717, 1.165) is 88.9 Å². The largest absolute Gasteiger partial charge is 0.207 e. The summed E-state index contributed by atoms with van der Waals surface area (Å²) >= 11 is 17.7. The zero-order valence-electron chi connectivity index (χ0n) is 97.8. The van der Waals surface area contributed by atoms with Gasteiger partial charge in [-0.2, -0.15) is 0 Å². The standard InChI is InChI=1S/C13H20.C12H18.3C11H15Cl.3C11H15F.C11H16.C10H14.C9H18.C8H16.C7H14/c1-13(2,3)11-7-10-12-8-5-4-6-9-12;1-12(2,3)10-9-11-7-5-4-6-8-11;1-11(2,3)8-9-4-6-10(12)7-5-9;1-11(2,3)8-9-5-4-6-10(12)7-9;1-11(2,3)8-9-6-4-5-7-10(9)12;1-11(2,3)8-9-4-6-10(12)7-5-9;1-11(2,3)8-9-5-4-6-10(12)7-9;1-11(2,3)8-9-6-4-5-7-10(9)12;1-11(2,3)9-10-7-5-4-6-8-10;1-10(2,3)9-7-5-4-6-8-9;1-9(2,3)7-6-8-4-5-8;1-8(2,3)6-7-4-5-7;1-7(2,3)6-4-5-6/h4-6,8-9H,7,10-11H2,1-3H3;4-8H,9-10H2,1-3H3;6*4-7H,8H2,1-3H3;4-8H,9H2,1-3H3;4-8H,1-3H3;8H,4-7H2,1-3H3;7H,4-6H2,1-3H3;6H,4-5H2,1-3H3. The van der Waals surface area contributed by atoms with Crippen molar-refractivity contribution in [2.45, 2.75) is 410 Å². The van der Waals surface area contributed by atoms with E-state index in [2.05, 4.69) is 416 Å². The van der Waals surface area contributed by atoms with Crippen molar-refractivity contribution in [1.82, 2.24) is 0 Å². The van der Waals surface area contributed by atoms with E-state index in [1.807, 2.05) is 78.9 Å². The van der Waals surface area contributed by atoms with E-state index in [1.54, 1.807) is 18.2 Å². The van der Waals surface area contributed by atoms with Gasteiger partial charge < -0.3 is 0 Å². The summed E-state index contributed by atoms with van der Waals surface area (Å²) in [6, 6.07) is 87.3. The molecule has 13 rings (SSSR count). The Balaban J connectivity index is 0.000000771. The van der Waals surface area contributed by atoms with Gasteiger partial charge in [-0.25, -0.2) is 13.2 Å². The van der Waals surface area contributed by atoms with Crippen LogP contribution in [0.4, 0.5) is 13.2 Å². The Bertz CT molecular complexity index is 4690. The lowest BCUT2D eigenvalue weighted by Gasteiger charge is -2.18. The monoisotopic (exact) mass is 2000 g/mol. The Morgan fingerprint density at radius 1 is 0.239 bits per heavy atom. The van der Waals surface area contributed by atoms with Gasteiger partial charge in [0.2, 0.25) is 0 Å². The topological polar surface area (TPSA) is 0 Å². The van der Waals surface area contributed by atoms with E-state index in [4.69, 9.17) is 34.8 Å². The van der Waals surface area contributed by atoms with Crippen LogP contribution in [0, 0.1) is 100 Å². The summed E-state index contributed by atoms with van der Waals surface area (Å²) in [4.78, 5) is 0. The van der Waals surface area contributed by atoms with Crippen LogP contribution in [0.15, 0.2) is 267 Å². The molecule has 0 nitrogen and oxygen atoms in total. The first-order chi connectivity index (χ1) is 65.0. The van der Waals surface area contributed by atoms with Gasteiger partial charge in [-0.05, 0) is 314 Å². The third-order valence-electron chi connectivity index (χ3n) is 22.8. The lowest BCUT2D eigenvalue weighted by atomic mass is 9.87. The average molecular weight is 2000 g/mol. The minimum absolute atomic E-state index is 0.0903. The fourth-order valence-corrected chi connectivity index (χ4v) is 15.9. The SMILES string of the molecule is CC(C)(C)C1CC1.CC(C)(C)CC1CC1.CC(C)(C)CCC1CC1.CC(C)(C)CCCc1ccccc1.CC(C)(C)CCc1ccccc1.CC(C)(C)Cc1ccc(Cl)cc1.CC(C)(C)Cc1ccc(F)cc1.CC(C)(C)Cc1cccc(Cl)c1.CC(C)(C)Cc1cccc(F)c1.CC(C)(C)Cc1ccccc1.CC(C)(C)Cc1ccccc1Cl.CC(C)(C)Cc1ccccc1F.CC(C)(C)c1ccccc1. The number of benzene rings is 10. The summed E-state index contributed by atoms with van der Waals surface area (Å²) in [6.07, 6.45) is 26.7. The highest BCUT2D eigenvalue weighted by atomic mass is 35.5. The smallest absolute Gasteiger partial charge is 0.126 e. The van der Waals surface area contributed by atoms with Crippen molar-refractivity contribution in [3.63, 3.8) is 0 Å². The van der Waals surface area contributed by atoms with Crippen molar-refractivity contribution in [3.05, 3.63) is 355 Å². The molecule has 10 aromatic carbocycles. The first-order valence-corrected chi connectivity index (χ1v) is 54.7. The molecule has 0 bridgehead atoms. The maximum atomic E-state index is 13.1. The molecule has 0 aliphatic heterocycles. The van der Waals surface area contributed by atoms with Crippen LogP contribution in [0.3, 0.4) is 0 Å². The van der Waals surface area contributed by atoms with E-state index in [0.29, 0.717) is 54.1 Å². The Morgan fingerprint density at radius 3 is 0.901 bits per heavy atom. The van der Waals surface area contributed by atoms with E-state index < -0.39 is 0 Å². The normalized spacial score (nSPS) is 13.3. The van der Waals surface area contributed by atoms with Gasteiger partial charge in [0.1, 0.15) is 17.5 Å². The summed E-state index contributed by atoms with van der Waals surface area (Å²) in [5.74, 6) is 2.86. The molecule has 0 N–H and O–H groups in total. The van der Waals surface area contributed by atoms with Crippen LogP contribution in [-0.4, -0.2) is 0 Å². The van der Waals surface area contributed by atoms with Crippen molar-refractivity contribution < 1.29 is 13.2 Å². The average Bonchev–Trinajstić information content (AvgIpc) is 1.71. The summed E-state index contributed by atoms with van der Waals surface area (Å²) in [7, 11) is 0. The molecule has 3 saturated carbocycles. The Labute approximate surface area is 889 Å². The first-order valence-electron chi connectivity index (χ1n) is 53.6. The van der Waals surface area contributed by atoms with Crippen LogP contribution in [0.2, 0.25) is 15.1 Å². The molecular formula is C136H206Cl3F3. The van der Waals surface area contributed by atoms with E-state index >= 15 is 0 Å². The Morgan fingerprint density at radius 2 is 0.570 bits per heavy atom. The second-order valence-electron chi connectivity index (χ2n) is 55.8. The van der Waals surface area contributed by atoms with Gasteiger partial charge >= 0.3 is 0 Å². The molecule has 3 aliphatic carbocycles. The lowest BCUT2D eigenvalue weighted by Crippen LogP contribution is -2.10. The zero-order valence-corrected chi connectivity index (χ0v) is 100. The second kappa shape index (κ2) is 63.5. The van der Waals surface area contributed by atoms with Crippen molar-refractivity contribution in [3.8, 4) is 0 Å². The van der Waals surface area contributed by atoms with Crippen molar-refractivity contribution in [2.75, 3.05) is 0 Å². The number of hydrogen-bond acceptors (Lipinski definition) is 0. The van der Waals surface area contributed by atoms with E-state index in [-0.39, 0.29) is 33.7 Å². The Hall–Kier alpha value is -7.14. The van der Waals surface area contributed by atoms with E-state index in [1.165, 1.54) is 159 Å². The van der Waals surface area contributed by atoms with Crippen molar-refractivity contribution >= 4 is 34.8 Å². The molecule has 142 heavy (non-hydrogen) atoms. The predicted molar refractivity (Wildman–Crippen MR) is 631 cm³/mol. The maximum absolute atomic E-state index is 13.1. The fourth-order valence-electron chi connectivity index (χ4n) is 15.3. The second-order valence-corrected chi connectivity index (χ2v) is 57.1. The molecule has 10 aromatic rings.